The molecule has 1 aromatic rings. The van der Waals surface area contributed by atoms with Crippen LogP contribution in [0.5, 0.6) is 5.75 Å². The maximum atomic E-state index is 12.9. The molecule has 5 nitrogen and oxygen atoms in total. The second-order valence-corrected chi connectivity index (χ2v) is 8.18. The average Bonchev–Trinajstić information content (AvgIpc) is 2.53. The molecule has 0 radical (unpaired) electrons. The average molecular weight is 344 g/mol. The van der Waals surface area contributed by atoms with E-state index in [4.69, 9.17) is 4.74 Å². The van der Waals surface area contributed by atoms with Gasteiger partial charge in [-0.15, -0.1) is 0 Å². The van der Waals surface area contributed by atoms with Crippen LogP contribution in [-0.2, 0) is 4.79 Å². The van der Waals surface area contributed by atoms with Crippen molar-refractivity contribution >= 4 is 11.8 Å². The minimum absolute atomic E-state index is 0.0520. The summed E-state index contributed by atoms with van der Waals surface area (Å²) in [6.07, 6.45) is 2.79. The minimum atomic E-state index is -0.252. The van der Waals surface area contributed by atoms with Gasteiger partial charge < -0.3 is 14.5 Å². The van der Waals surface area contributed by atoms with Crippen LogP contribution < -0.4 is 4.74 Å². The smallest absolute Gasteiger partial charge is 0.254 e. The van der Waals surface area contributed by atoms with Crippen LogP contribution in [0, 0.1) is 0 Å². The van der Waals surface area contributed by atoms with Crippen LogP contribution in [0.4, 0.5) is 0 Å². The van der Waals surface area contributed by atoms with Crippen molar-refractivity contribution in [3.63, 3.8) is 0 Å². The van der Waals surface area contributed by atoms with Crippen LogP contribution in [0.3, 0.4) is 0 Å². The van der Waals surface area contributed by atoms with E-state index < -0.39 is 0 Å². The number of carbonyl (C=O) groups excluding carboxylic acids is 2. The molecule has 25 heavy (non-hydrogen) atoms. The maximum Gasteiger partial charge on any atom is 0.254 e. The molecule has 0 saturated carbocycles. The molecule has 1 spiro atoms. The number of rotatable bonds is 2. The Labute approximate surface area is 149 Å². The fraction of sp³-hybridized carbons (Fsp3) is 0.600. The third-order valence-electron chi connectivity index (χ3n) is 5.28. The molecule has 0 aliphatic carbocycles. The number of nitrogens with zero attached hydrogens (tertiary/aromatic N) is 2. The predicted octanol–water partition coefficient (Wildman–Crippen LogP) is 3.09. The van der Waals surface area contributed by atoms with E-state index in [1.54, 1.807) is 6.92 Å². The Morgan fingerprint density at radius 2 is 1.56 bits per heavy atom. The number of piperidine rings is 1. The number of amides is 2. The molecule has 0 unspecified atom stereocenters. The third kappa shape index (κ3) is 3.65. The highest BCUT2D eigenvalue weighted by Gasteiger charge is 2.49. The molecule has 1 aromatic carbocycles. The Kier molecular flexibility index (Phi) is 4.52. The molecule has 3 rings (SSSR count). The summed E-state index contributed by atoms with van der Waals surface area (Å²) in [7, 11) is 0. The van der Waals surface area contributed by atoms with Gasteiger partial charge in [-0.25, -0.2) is 0 Å². The normalized spacial score (nSPS) is 19.5. The molecule has 0 N–H and O–H groups in total. The highest BCUT2D eigenvalue weighted by atomic mass is 16.5. The van der Waals surface area contributed by atoms with Crippen LogP contribution in [0.1, 0.15) is 57.3 Å². The van der Waals surface area contributed by atoms with Gasteiger partial charge in [0.05, 0.1) is 0 Å². The zero-order valence-electron chi connectivity index (χ0n) is 15.7. The zero-order valence-corrected chi connectivity index (χ0v) is 15.7. The fourth-order valence-electron chi connectivity index (χ4n) is 3.79. The van der Waals surface area contributed by atoms with Gasteiger partial charge in [-0.1, -0.05) is 0 Å². The standard InChI is InChI=1S/C20H28N2O3/c1-15(23)21-12-9-20(10-13-21)11-14-22(20)18(24)16-5-7-17(8-6-16)25-19(2,3)4/h5-8H,9-14H2,1-4H3. The first-order valence-electron chi connectivity index (χ1n) is 9.07. The summed E-state index contributed by atoms with van der Waals surface area (Å²) in [6.45, 7) is 9.92. The Hall–Kier alpha value is -2.04. The van der Waals surface area contributed by atoms with Crippen molar-refractivity contribution in [3.05, 3.63) is 29.8 Å². The number of ether oxygens (including phenoxy) is 1. The highest BCUT2D eigenvalue weighted by Crippen LogP contribution is 2.41. The molecule has 0 atom stereocenters. The maximum absolute atomic E-state index is 12.9. The Bertz CT molecular complexity index is 653. The number of benzene rings is 1. The van der Waals surface area contributed by atoms with Gasteiger partial charge in [0.25, 0.3) is 5.91 Å². The lowest BCUT2D eigenvalue weighted by atomic mass is 9.76. The molecular weight excluding hydrogens is 316 g/mol. The molecule has 2 aliphatic rings. The van der Waals surface area contributed by atoms with Crippen LogP contribution in [0.15, 0.2) is 24.3 Å². The Morgan fingerprint density at radius 3 is 2.00 bits per heavy atom. The SMILES string of the molecule is CC(=O)N1CCC2(CC1)CCN2C(=O)c1ccc(OC(C)(C)C)cc1. The van der Waals surface area contributed by atoms with Crippen molar-refractivity contribution in [1.29, 1.82) is 0 Å². The molecule has 2 amide bonds. The monoisotopic (exact) mass is 344 g/mol. The summed E-state index contributed by atoms with van der Waals surface area (Å²) in [5.74, 6) is 0.989. The van der Waals surface area contributed by atoms with Gasteiger partial charge in [0, 0.05) is 37.7 Å². The number of hydrogen-bond donors (Lipinski definition) is 0. The van der Waals surface area contributed by atoms with Crippen molar-refractivity contribution < 1.29 is 14.3 Å². The molecule has 136 valence electrons. The topological polar surface area (TPSA) is 49.9 Å². The van der Waals surface area contributed by atoms with Gasteiger partial charge in [0.2, 0.25) is 5.91 Å². The lowest BCUT2D eigenvalue weighted by Crippen LogP contribution is -2.66. The summed E-state index contributed by atoms with van der Waals surface area (Å²) < 4.78 is 5.82. The van der Waals surface area contributed by atoms with Crippen LogP contribution >= 0.6 is 0 Å². The Morgan fingerprint density at radius 1 is 1.00 bits per heavy atom. The summed E-state index contributed by atoms with van der Waals surface area (Å²) in [5.41, 5.74) is 0.399. The second-order valence-electron chi connectivity index (χ2n) is 8.18. The first-order valence-corrected chi connectivity index (χ1v) is 9.07. The quantitative estimate of drug-likeness (QED) is 0.828. The molecule has 5 heteroatoms. The first kappa shape index (κ1) is 17.8. The van der Waals surface area contributed by atoms with Crippen LogP contribution in [0.25, 0.3) is 0 Å². The molecule has 2 heterocycles. The summed E-state index contributed by atoms with van der Waals surface area (Å²) >= 11 is 0. The van der Waals surface area contributed by atoms with E-state index in [2.05, 4.69) is 0 Å². The number of carbonyl (C=O) groups is 2. The van der Waals surface area contributed by atoms with Gasteiger partial charge in [-0.3, -0.25) is 9.59 Å². The minimum Gasteiger partial charge on any atom is -0.488 e. The van der Waals surface area contributed by atoms with Gasteiger partial charge in [-0.2, -0.15) is 0 Å². The van der Waals surface area contributed by atoms with Crippen molar-refractivity contribution in [1.82, 2.24) is 9.80 Å². The highest BCUT2D eigenvalue weighted by molar-refractivity contribution is 5.95. The molecule has 0 aromatic heterocycles. The van der Waals surface area contributed by atoms with E-state index in [9.17, 15) is 9.59 Å². The van der Waals surface area contributed by atoms with Crippen molar-refractivity contribution in [2.45, 2.75) is 58.1 Å². The van der Waals surface area contributed by atoms with Gasteiger partial charge >= 0.3 is 0 Å². The van der Waals surface area contributed by atoms with E-state index in [0.717, 1.165) is 44.6 Å². The summed E-state index contributed by atoms with van der Waals surface area (Å²) in [4.78, 5) is 28.3. The number of hydrogen-bond acceptors (Lipinski definition) is 3. The van der Waals surface area contributed by atoms with Crippen molar-refractivity contribution in [3.8, 4) is 5.75 Å². The van der Waals surface area contributed by atoms with E-state index in [0.29, 0.717) is 5.56 Å². The summed E-state index contributed by atoms with van der Waals surface area (Å²) in [6, 6.07) is 7.42. The third-order valence-corrected chi connectivity index (χ3v) is 5.28. The van der Waals surface area contributed by atoms with Crippen LogP contribution in [-0.4, -0.2) is 52.4 Å². The Balaban J connectivity index is 1.66. The molecular formula is C20H28N2O3. The van der Waals surface area contributed by atoms with Gasteiger partial charge in [-0.05, 0) is 64.3 Å². The number of likely N-dealkylation sites (tertiary alicyclic amines) is 2. The van der Waals surface area contributed by atoms with Crippen LogP contribution in [0.2, 0.25) is 0 Å². The molecule has 2 saturated heterocycles. The van der Waals surface area contributed by atoms with Crippen molar-refractivity contribution in [2.75, 3.05) is 19.6 Å². The molecule has 2 aliphatic heterocycles. The first-order chi connectivity index (χ1) is 11.7. The van der Waals surface area contributed by atoms with E-state index >= 15 is 0 Å². The van der Waals surface area contributed by atoms with Gasteiger partial charge in [0.1, 0.15) is 11.4 Å². The molecule has 0 bridgehead atoms. The molecule has 2 fully saturated rings. The fourth-order valence-corrected chi connectivity index (χ4v) is 3.79. The van der Waals surface area contributed by atoms with Gasteiger partial charge in [0.15, 0.2) is 0 Å². The van der Waals surface area contributed by atoms with Crippen molar-refractivity contribution in [2.24, 2.45) is 0 Å². The zero-order chi connectivity index (χ0) is 18.2. The summed E-state index contributed by atoms with van der Waals surface area (Å²) in [5, 5.41) is 0. The lowest BCUT2D eigenvalue weighted by molar-refractivity contribution is -0.132. The van der Waals surface area contributed by atoms with E-state index in [1.807, 2.05) is 54.8 Å². The van der Waals surface area contributed by atoms with E-state index in [-0.39, 0.29) is 23.0 Å². The predicted molar refractivity (Wildman–Crippen MR) is 96.7 cm³/mol. The largest absolute Gasteiger partial charge is 0.488 e. The lowest BCUT2D eigenvalue weighted by Gasteiger charge is -2.56. The second kappa shape index (κ2) is 6.36. The van der Waals surface area contributed by atoms with E-state index in [1.165, 1.54) is 0 Å².